The van der Waals surface area contributed by atoms with Crippen LogP contribution in [0, 0.1) is 0 Å². The normalized spacial score (nSPS) is 12.2. The summed E-state index contributed by atoms with van der Waals surface area (Å²) in [6.07, 6.45) is -4.63. The highest BCUT2D eigenvalue weighted by Crippen LogP contribution is 2.31. The Morgan fingerprint density at radius 2 is 1.73 bits per heavy atom. The van der Waals surface area contributed by atoms with E-state index >= 15 is 0 Å². The van der Waals surface area contributed by atoms with Gasteiger partial charge in [-0.25, -0.2) is 0 Å². The molecule has 12 heteroatoms. The van der Waals surface area contributed by atoms with Gasteiger partial charge in [0.15, 0.2) is 5.16 Å². The van der Waals surface area contributed by atoms with Gasteiger partial charge in [-0.2, -0.15) is 13.2 Å². The van der Waals surface area contributed by atoms with Gasteiger partial charge in [-0.05, 0) is 43.3 Å². The molecule has 0 saturated carbocycles. The maximum Gasteiger partial charge on any atom is 0.451 e. The van der Waals surface area contributed by atoms with E-state index in [1.165, 1.54) is 33.2 Å². The molecule has 1 aromatic heterocycles. The number of benzene rings is 2. The summed E-state index contributed by atoms with van der Waals surface area (Å²) in [4.78, 5) is 24.9. The molecule has 0 fully saturated rings. The standard InChI is InChI=1S/C21H20F3N5O3S/c1-12(33-20-28-27-19(29(20)2)21(22,23)24)17(30)25-14-10-8-13(9-11-14)18(31)26-15-6-4-5-7-16(15)32-3/h4-12H,1-3H3,(H,25,30)(H,26,31). The third-order valence-corrected chi connectivity index (χ3v) is 5.64. The molecule has 0 saturated heterocycles. The predicted octanol–water partition coefficient (Wildman–Crippen LogP) is 4.21. The number of alkyl halides is 3. The van der Waals surface area contributed by atoms with Gasteiger partial charge in [-0.1, -0.05) is 23.9 Å². The first-order valence-electron chi connectivity index (χ1n) is 9.58. The van der Waals surface area contributed by atoms with Crippen LogP contribution in [0.5, 0.6) is 5.75 Å². The third kappa shape index (κ3) is 5.83. The summed E-state index contributed by atoms with van der Waals surface area (Å²) >= 11 is 0.849. The van der Waals surface area contributed by atoms with Crippen molar-refractivity contribution in [1.82, 2.24) is 14.8 Å². The van der Waals surface area contributed by atoms with Gasteiger partial charge < -0.3 is 19.9 Å². The summed E-state index contributed by atoms with van der Waals surface area (Å²) in [7, 11) is 2.69. The maximum atomic E-state index is 12.8. The molecular weight excluding hydrogens is 459 g/mol. The minimum Gasteiger partial charge on any atom is -0.495 e. The van der Waals surface area contributed by atoms with Crippen molar-refractivity contribution in [2.45, 2.75) is 23.5 Å². The van der Waals surface area contributed by atoms with Gasteiger partial charge in [0.05, 0.1) is 18.0 Å². The van der Waals surface area contributed by atoms with Crippen molar-refractivity contribution < 1.29 is 27.5 Å². The second-order valence-electron chi connectivity index (χ2n) is 6.84. The van der Waals surface area contributed by atoms with Gasteiger partial charge in [0.2, 0.25) is 11.7 Å². The number of halogens is 3. The van der Waals surface area contributed by atoms with Crippen molar-refractivity contribution >= 4 is 35.0 Å². The van der Waals surface area contributed by atoms with Crippen LogP contribution in [0.2, 0.25) is 0 Å². The van der Waals surface area contributed by atoms with E-state index in [0.717, 1.165) is 16.3 Å². The van der Waals surface area contributed by atoms with Crippen LogP contribution in [0.15, 0.2) is 53.7 Å². The van der Waals surface area contributed by atoms with Crippen LogP contribution < -0.4 is 15.4 Å². The first kappa shape index (κ1) is 24.1. The zero-order valence-corrected chi connectivity index (χ0v) is 18.6. The first-order valence-corrected chi connectivity index (χ1v) is 10.5. The molecule has 174 valence electrons. The summed E-state index contributed by atoms with van der Waals surface area (Å²) in [6.45, 7) is 1.54. The average molecular weight is 479 g/mol. The van der Waals surface area contributed by atoms with Crippen LogP contribution in [-0.4, -0.2) is 38.9 Å². The highest BCUT2D eigenvalue weighted by atomic mass is 32.2. The van der Waals surface area contributed by atoms with E-state index < -0.39 is 23.2 Å². The Balaban J connectivity index is 1.60. The highest BCUT2D eigenvalue weighted by Gasteiger charge is 2.37. The van der Waals surface area contributed by atoms with E-state index in [4.69, 9.17) is 4.74 Å². The molecule has 0 aliphatic carbocycles. The number of para-hydroxylation sites is 2. The van der Waals surface area contributed by atoms with E-state index in [1.54, 1.807) is 36.4 Å². The van der Waals surface area contributed by atoms with Crippen LogP contribution >= 0.6 is 11.8 Å². The number of carbonyl (C=O) groups is 2. The largest absolute Gasteiger partial charge is 0.495 e. The quantitative estimate of drug-likeness (QED) is 0.493. The predicted molar refractivity (Wildman–Crippen MR) is 117 cm³/mol. The second-order valence-corrected chi connectivity index (χ2v) is 8.15. The lowest BCUT2D eigenvalue weighted by Crippen LogP contribution is -2.23. The molecular formula is C21H20F3N5O3S. The van der Waals surface area contributed by atoms with Crippen LogP contribution in [0.25, 0.3) is 0 Å². The minimum absolute atomic E-state index is 0.0339. The number of ether oxygens (including phenoxy) is 1. The Labute approximate surface area is 191 Å². The lowest BCUT2D eigenvalue weighted by molar-refractivity contribution is -0.147. The summed E-state index contributed by atoms with van der Waals surface area (Å²) in [5, 5.41) is 11.3. The molecule has 8 nitrogen and oxygen atoms in total. The summed E-state index contributed by atoms with van der Waals surface area (Å²) < 4.78 is 44.5. The number of nitrogens with one attached hydrogen (secondary N) is 2. The molecule has 2 aromatic carbocycles. The van der Waals surface area contributed by atoms with Crippen molar-refractivity contribution in [3.05, 3.63) is 59.9 Å². The number of anilines is 2. The van der Waals surface area contributed by atoms with Crippen molar-refractivity contribution in [3.63, 3.8) is 0 Å². The molecule has 1 atom stereocenters. The van der Waals surface area contributed by atoms with Crippen molar-refractivity contribution in [3.8, 4) is 5.75 Å². The first-order chi connectivity index (χ1) is 15.6. The number of thioether (sulfide) groups is 1. The number of nitrogens with zero attached hydrogens (tertiary/aromatic N) is 3. The van der Waals surface area contributed by atoms with Gasteiger partial charge in [0.1, 0.15) is 5.75 Å². The Morgan fingerprint density at radius 3 is 2.33 bits per heavy atom. The van der Waals surface area contributed by atoms with Gasteiger partial charge in [-0.15, -0.1) is 10.2 Å². The minimum atomic E-state index is -4.63. The van der Waals surface area contributed by atoms with E-state index in [-0.39, 0.29) is 11.1 Å². The summed E-state index contributed by atoms with van der Waals surface area (Å²) in [5.74, 6) is -1.42. The fraction of sp³-hybridized carbons (Fsp3) is 0.238. The van der Waals surface area contributed by atoms with Crippen LogP contribution in [0.4, 0.5) is 24.5 Å². The van der Waals surface area contributed by atoms with E-state index in [2.05, 4.69) is 20.8 Å². The van der Waals surface area contributed by atoms with Crippen LogP contribution in [0.3, 0.4) is 0 Å². The lowest BCUT2D eigenvalue weighted by atomic mass is 10.2. The van der Waals surface area contributed by atoms with Crippen molar-refractivity contribution in [2.75, 3.05) is 17.7 Å². The zero-order valence-electron chi connectivity index (χ0n) is 17.8. The summed E-state index contributed by atoms with van der Waals surface area (Å²) in [5.41, 5.74) is 1.31. The number of aromatic nitrogens is 3. The van der Waals surface area contributed by atoms with Gasteiger partial charge in [0, 0.05) is 18.3 Å². The van der Waals surface area contributed by atoms with Crippen LogP contribution in [0.1, 0.15) is 23.1 Å². The molecule has 0 aliphatic heterocycles. The average Bonchev–Trinajstić information content (AvgIpc) is 3.15. The molecule has 1 heterocycles. The lowest BCUT2D eigenvalue weighted by Gasteiger charge is -2.13. The number of methoxy groups -OCH3 is 1. The molecule has 1 unspecified atom stereocenters. The Kier molecular flexibility index (Phi) is 7.26. The van der Waals surface area contributed by atoms with Crippen molar-refractivity contribution in [2.24, 2.45) is 7.05 Å². The van der Waals surface area contributed by atoms with E-state index in [9.17, 15) is 22.8 Å². The monoisotopic (exact) mass is 479 g/mol. The molecule has 33 heavy (non-hydrogen) atoms. The Bertz CT molecular complexity index is 1150. The molecule has 2 N–H and O–H groups in total. The molecule has 0 radical (unpaired) electrons. The molecule has 2 amide bonds. The van der Waals surface area contributed by atoms with Crippen molar-refractivity contribution in [1.29, 1.82) is 0 Å². The SMILES string of the molecule is COc1ccccc1NC(=O)c1ccc(NC(=O)C(C)Sc2nnc(C(F)(F)F)n2C)cc1. The molecule has 0 spiro atoms. The Morgan fingerprint density at radius 1 is 1.06 bits per heavy atom. The van der Waals surface area contributed by atoms with Gasteiger partial charge in [-0.3, -0.25) is 9.59 Å². The summed E-state index contributed by atoms with van der Waals surface area (Å²) in [6, 6.07) is 13.2. The zero-order chi connectivity index (χ0) is 24.2. The second kappa shape index (κ2) is 9.94. The number of amides is 2. The fourth-order valence-electron chi connectivity index (χ4n) is 2.77. The van der Waals surface area contributed by atoms with Crippen LogP contribution in [-0.2, 0) is 18.0 Å². The molecule has 3 aromatic rings. The third-order valence-electron chi connectivity index (χ3n) is 4.51. The number of carbonyl (C=O) groups excluding carboxylic acids is 2. The van der Waals surface area contributed by atoms with E-state index in [1.807, 2.05) is 0 Å². The molecule has 0 aliphatic rings. The Hall–Kier alpha value is -3.54. The highest BCUT2D eigenvalue weighted by molar-refractivity contribution is 8.00. The van der Waals surface area contributed by atoms with Gasteiger partial charge >= 0.3 is 6.18 Å². The fourth-order valence-corrected chi connectivity index (χ4v) is 3.58. The molecule has 0 bridgehead atoms. The smallest absolute Gasteiger partial charge is 0.451 e. The molecule has 3 rings (SSSR count). The topological polar surface area (TPSA) is 98.1 Å². The number of hydrogen-bond acceptors (Lipinski definition) is 6. The van der Waals surface area contributed by atoms with Gasteiger partial charge in [0.25, 0.3) is 5.91 Å². The van der Waals surface area contributed by atoms with E-state index in [0.29, 0.717) is 22.7 Å². The number of hydrogen-bond donors (Lipinski definition) is 2. The maximum absolute atomic E-state index is 12.8. The number of rotatable bonds is 7.